The van der Waals surface area contributed by atoms with Crippen molar-refractivity contribution in [1.82, 2.24) is 10.6 Å². The maximum Gasteiger partial charge on any atom is 0.269 e. The summed E-state index contributed by atoms with van der Waals surface area (Å²) >= 11 is 11.9. The fraction of sp³-hybridized carbons (Fsp3) is 0.333. The van der Waals surface area contributed by atoms with Crippen molar-refractivity contribution in [2.45, 2.75) is 32.4 Å². The number of carbonyl (C=O) groups is 2. The molecule has 0 radical (unpaired) electrons. The van der Waals surface area contributed by atoms with Crippen LogP contribution in [-0.2, 0) is 4.79 Å². The van der Waals surface area contributed by atoms with E-state index in [-0.39, 0.29) is 28.7 Å². The molecule has 2 unspecified atom stereocenters. The van der Waals surface area contributed by atoms with E-state index in [1.165, 1.54) is 42.5 Å². The number of nitrogens with zero attached hydrogens (tertiary/aromatic N) is 1. The highest BCUT2D eigenvalue weighted by atomic mass is 35.5. The first kappa shape index (κ1) is 24.6. The summed E-state index contributed by atoms with van der Waals surface area (Å²) in [6.07, 6.45) is -0.693. The Bertz CT molecular complexity index is 951. The molecule has 2 rings (SSSR count). The van der Waals surface area contributed by atoms with E-state index >= 15 is 0 Å². The second-order valence-electron chi connectivity index (χ2n) is 7.39. The van der Waals surface area contributed by atoms with Gasteiger partial charge in [-0.25, -0.2) is 0 Å². The monoisotopic (exact) mass is 467 g/mol. The van der Waals surface area contributed by atoms with Crippen molar-refractivity contribution in [1.29, 1.82) is 0 Å². The Balaban J connectivity index is 2.03. The van der Waals surface area contributed by atoms with Crippen LogP contribution in [0.15, 0.2) is 42.5 Å². The normalized spacial score (nSPS) is 12.8. The highest BCUT2D eigenvalue weighted by molar-refractivity contribution is 6.36. The lowest BCUT2D eigenvalue weighted by atomic mass is 10.0. The molecular weight excluding hydrogens is 445 g/mol. The number of hydrogen-bond acceptors (Lipinski definition) is 5. The largest absolute Gasteiger partial charge is 0.387 e. The summed E-state index contributed by atoms with van der Waals surface area (Å²) in [4.78, 5) is 35.5. The molecule has 0 saturated heterocycles. The van der Waals surface area contributed by atoms with E-state index in [4.69, 9.17) is 23.2 Å². The molecule has 0 aliphatic carbocycles. The minimum Gasteiger partial charge on any atom is -0.387 e. The van der Waals surface area contributed by atoms with Gasteiger partial charge in [0.15, 0.2) is 0 Å². The van der Waals surface area contributed by atoms with Crippen molar-refractivity contribution < 1.29 is 19.6 Å². The van der Waals surface area contributed by atoms with E-state index in [1.54, 1.807) is 0 Å². The number of halogens is 2. The Morgan fingerprint density at radius 2 is 1.77 bits per heavy atom. The van der Waals surface area contributed by atoms with Gasteiger partial charge in [0.25, 0.3) is 11.6 Å². The van der Waals surface area contributed by atoms with Crippen LogP contribution in [-0.4, -0.2) is 34.4 Å². The first-order chi connectivity index (χ1) is 14.6. The first-order valence-electron chi connectivity index (χ1n) is 9.54. The average molecular weight is 468 g/mol. The lowest BCUT2D eigenvalue weighted by Crippen LogP contribution is -2.48. The minimum absolute atomic E-state index is 0.0967. The predicted octanol–water partition coefficient (Wildman–Crippen LogP) is 3.90. The number of non-ortho nitro benzene ring substituents is 1. The minimum atomic E-state index is -1.06. The van der Waals surface area contributed by atoms with Crippen molar-refractivity contribution >= 4 is 40.7 Å². The molecule has 166 valence electrons. The van der Waals surface area contributed by atoms with Crippen LogP contribution in [0.2, 0.25) is 10.0 Å². The zero-order valence-electron chi connectivity index (χ0n) is 17.0. The molecule has 2 aromatic carbocycles. The molecule has 0 fully saturated rings. The predicted molar refractivity (Wildman–Crippen MR) is 118 cm³/mol. The fourth-order valence-corrected chi connectivity index (χ4v) is 3.36. The summed E-state index contributed by atoms with van der Waals surface area (Å²) in [7, 11) is 0. The highest BCUT2D eigenvalue weighted by Crippen LogP contribution is 2.21. The number of aliphatic hydroxyl groups excluding tert-OH is 1. The van der Waals surface area contributed by atoms with Crippen LogP contribution in [0.25, 0.3) is 0 Å². The number of nitrogens with one attached hydrogen (secondary N) is 2. The van der Waals surface area contributed by atoms with Crippen molar-refractivity contribution in [2.24, 2.45) is 5.92 Å². The molecule has 0 bridgehead atoms. The quantitative estimate of drug-likeness (QED) is 0.381. The second-order valence-corrected chi connectivity index (χ2v) is 8.23. The molecule has 10 heteroatoms. The number of benzene rings is 2. The number of aliphatic hydroxyl groups is 1. The van der Waals surface area contributed by atoms with Gasteiger partial charge in [-0.15, -0.1) is 0 Å². The second kappa shape index (κ2) is 11.1. The SMILES string of the molecule is CC(C)CC(NC(=O)c1ccc(Cl)cc1Cl)C(=O)NCC(O)c1ccc([N+](=O)[O-])cc1. The van der Waals surface area contributed by atoms with Gasteiger partial charge in [-0.2, -0.15) is 0 Å². The molecular formula is C21H23Cl2N3O5. The number of hydrogen-bond donors (Lipinski definition) is 3. The summed E-state index contributed by atoms with van der Waals surface area (Å²) in [5.74, 6) is -0.872. The Labute approximate surface area is 189 Å². The van der Waals surface area contributed by atoms with Crippen molar-refractivity contribution in [2.75, 3.05) is 6.54 Å². The Morgan fingerprint density at radius 3 is 2.32 bits per heavy atom. The van der Waals surface area contributed by atoms with Gasteiger partial charge < -0.3 is 15.7 Å². The van der Waals surface area contributed by atoms with Gasteiger partial charge >= 0.3 is 0 Å². The Hall–Kier alpha value is -2.68. The molecule has 8 nitrogen and oxygen atoms in total. The van der Waals surface area contributed by atoms with Crippen molar-refractivity contribution in [3.8, 4) is 0 Å². The smallest absolute Gasteiger partial charge is 0.269 e. The number of nitro groups is 1. The fourth-order valence-electron chi connectivity index (χ4n) is 2.87. The van der Waals surface area contributed by atoms with Gasteiger partial charge in [0, 0.05) is 23.7 Å². The van der Waals surface area contributed by atoms with Crippen LogP contribution in [0.1, 0.15) is 42.3 Å². The first-order valence-corrected chi connectivity index (χ1v) is 10.3. The molecule has 3 N–H and O–H groups in total. The number of nitro benzene ring substituents is 1. The van der Waals surface area contributed by atoms with Crippen LogP contribution in [0.3, 0.4) is 0 Å². The van der Waals surface area contributed by atoms with Crippen molar-refractivity contribution in [3.05, 3.63) is 73.8 Å². The summed E-state index contributed by atoms with van der Waals surface area (Å²) in [6.45, 7) is 3.70. The van der Waals surface area contributed by atoms with Gasteiger partial charge in [-0.1, -0.05) is 37.0 Å². The Morgan fingerprint density at radius 1 is 1.13 bits per heavy atom. The van der Waals surface area contributed by atoms with Crippen LogP contribution < -0.4 is 10.6 Å². The maximum absolute atomic E-state index is 12.7. The highest BCUT2D eigenvalue weighted by Gasteiger charge is 2.24. The third-order valence-electron chi connectivity index (χ3n) is 4.46. The zero-order chi connectivity index (χ0) is 23.1. The van der Waals surface area contributed by atoms with Gasteiger partial charge in [0.05, 0.1) is 21.6 Å². The van der Waals surface area contributed by atoms with Crippen LogP contribution in [0.4, 0.5) is 5.69 Å². The van der Waals surface area contributed by atoms with E-state index in [9.17, 15) is 24.8 Å². The van der Waals surface area contributed by atoms with E-state index in [0.717, 1.165) is 0 Å². The van der Waals surface area contributed by atoms with E-state index < -0.39 is 28.9 Å². The molecule has 2 aromatic rings. The van der Waals surface area contributed by atoms with Crippen molar-refractivity contribution in [3.63, 3.8) is 0 Å². The zero-order valence-corrected chi connectivity index (χ0v) is 18.5. The van der Waals surface area contributed by atoms with Gasteiger partial charge in [-0.3, -0.25) is 19.7 Å². The summed E-state index contributed by atoms with van der Waals surface area (Å²) in [6, 6.07) is 8.99. The van der Waals surface area contributed by atoms with E-state index in [2.05, 4.69) is 10.6 Å². The third-order valence-corrected chi connectivity index (χ3v) is 5.01. The Kier molecular flexibility index (Phi) is 8.79. The van der Waals surface area contributed by atoms with Gasteiger partial charge in [0.1, 0.15) is 6.04 Å². The molecule has 0 aromatic heterocycles. The third kappa shape index (κ3) is 7.20. The van der Waals surface area contributed by atoms with Gasteiger partial charge in [-0.05, 0) is 48.2 Å². The lowest BCUT2D eigenvalue weighted by Gasteiger charge is -2.21. The lowest BCUT2D eigenvalue weighted by molar-refractivity contribution is -0.384. The van der Waals surface area contributed by atoms with E-state index in [1.807, 2.05) is 13.8 Å². The standard InChI is InChI=1S/C21H23Cl2N3O5/c1-12(2)9-18(25-20(28)16-8-5-14(22)10-17(16)23)21(29)24-11-19(27)13-3-6-15(7-4-13)26(30)31/h3-8,10,12,18-19,27H,9,11H2,1-2H3,(H,24,29)(H,25,28). The summed E-state index contributed by atoms with van der Waals surface area (Å²) in [5, 5.41) is 26.8. The molecule has 2 amide bonds. The molecule has 0 aliphatic heterocycles. The maximum atomic E-state index is 12.7. The number of amides is 2. The molecule has 0 spiro atoms. The van der Waals surface area contributed by atoms with Crippen LogP contribution >= 0.6 is 23.2 Å². The molecule has 31 heavy (non-hydrogen) atoms. The van der Waals surface area contributed by atoms with E-state index in [0.29, 0.717) is 17.0 Å². The van der Waals surface area contributed by atoms with Crippen LogP contribution in [0, 0.1) is 16.0 Å². The molecule has 0 heterocycles. The molecule has 0 aliphatic rings. The summed E-state index contributed by atoms with van der Waals surface area (Å²) in [5.41, 5.74) is 0.516. The summed E-state index contributed by atoms with van der Waals surface area (Å²) < 4.78 is 0. The van der Waals surface area contributed by atoms with Crippen LogP contribution in [0.5, 0.6) is 0 Å². The topological polar surface area (TPSA) is 122 Å². The molecule has 0 saturated carbocycles. The number of rotatable bonds is 9. The van der Waals surface area contributed by atoms with Gasteiger partial charge in [0.2, 0.25) is 5.91 Å². The average Bonchev–Trinajstić information content (AvgIpc) is 2.70. The number of carbonyl (C=O) groups excluding carboxylic acids is 2. The molecule has 2 atom stereocenters.